The van der Waals surface area contributed by atoms with Crippen molar-refractivity contribution in [1.29, 1.82) is 0 Å². The van der Waals surface area contributed by atoms with Crippen molar-refractivity contribution in [3.63, 3.8) is 0 Å². The van der Waals surface area contributed by atoms with E-state index in [0.717, 1.165) is 34.2 Å². The van der Waals surface area contributed by atoms with E-state index < -0.39 is 6.10 Å². The molecule has 2 aromatic carbocycles. The van der Waals surface area contributed by atoms with Gasteiger partial charge in [0, 0.05) is 28.4 Å². The molecule has 0 aromatic heterocycles. The number of ketones is 1. The monoisotopic (exact) mass is 417 g/mol. The Morgan fingerprint density at radius 3 is 2.17 bits per heavy atom. The summed E-state index contributed by atoms with van der Waals surface area (Å²) in [6, 6.07) is 15.5. The van der Waals surface area contributed by atoms with Crippen molar-refractivity contribution in [2.45, 2.75) is 36.7 Å². The number of benzene rings is 2. The minimum absolute atomic E-state index is 0.146. The van der Waals surface area contributed by atoms with Crippen LogP contribution in [-0.2, 0) is 4.74 Å². The van der Waals surface area contributed by atoms with Crippen LogP contribution in [0.15, 0.2) is 58.3 Å². The molecule has 1 fully saturated rings. The molecule has 1 heterocycles. The van der Waals surface area contributed by atoms with E-state index in [4.69, 9.17) is 9.47 Å². The first kappa shape index (κ1) is 23.4. The highest BCUT2D eigenvalue weighted by atomic mass is 32.2. The van der Waals surface area contributed by atoms with Crippen LogP contribution >= 0.6 is 11.8 Å². The van der Waals surface area contributed by atoms with Gasteiger partial charge in [0.2, 0.25) is 0 Å². The summed E-state index contributed by atoms with van der Waals surface area (Å²) in [6.07, 6.45) is -0.483. The molecule has 0 spiro atoms. The summed E-state index contributed by atoms with van der Waals surface area (Å²) < 4.78 is 10.8. The molecule has 0 amide bonds. The van der Waals surface area contributed by atoms with Gasteiger partial charge >= 0.3 is 0 Å². The third-order valence-electron chi connectivity index (χ3n) is 4.20. The summed E-state index contributed by atoms with van der Waals surface area (Å²) in [5, 5.41) is 9.26. The first-order valence-electron chi connectivity index (χ1n) is 10.1. The molecule has 0 bridgehead atoms. The highest BCUT2D eigenvalue weighted by molar-refractivity contribution is 7.99. The topological polar surface area (TPSA) is 59.0 Å². The van der Waals surface area contributed by atoms with E-state index in [-0.39, 0.29) is 12.4 Å². The van der Waals surface area contributed by atoms with E-state index in [1.165, 1.54) is 0 Å². The molecule has 29 heavy (non-hydrogen) atoms. The lowest BCUT2D eigenvalue weighted by atomic mass is 10.1. The molecule has 1 N–H and O–H groups in total. The fourth-order valence-electron chi connectivity index (χ4n) is 2.72. The van der Waals surface area contributed by atoms with E-state index in [2.05, 4.69) is 4.90 Å². The van der Waals surface area contributed by atoms with Gasteiger partial charge in [-0.2, -0.15) is 0 Å². The van der Waals surface area contributed by atoms with Gasteiger partial charge in [0.05, 0.1) is 25.9 Å². The van der Waals surface area contributed by atoms with Crippen LogP contribution < -0.4 is 4.74 Å². The maximum absolute atomic E-state index is 12.4. The SMILES string of the molecule is CC.CC(O)COc1ccc(Sc2ccc(C(=O)CN3CCOCC3)cc2)cc1. The summed E-state index contributed by atoms with van der Waals surface area (Å²) in [5.74, 6) is 0.886. The Labute approximate surface area is 178 Å². The van der Waals surface area contributed by atoms with Gasteiger partial charge in [-0.05, 0) is 43.3 Å². The molecule has 1 aliphatic rings. The first-order valence-corrected chi connectivity index (χ1v) is 10.9. The maximum atomic E-state index is 12.4. The molecule has 1 unspecified atom stereocenters. The lowest BCUT2D eigenvalue weighted by molar-refractivity contribution is 0.0371. The Kier molecular flexibility index (Phi) is 10.2. The molecule has 0 radical (unpaired) electrons. The third kappa shape index (κ3) is 8.19. The molecule has 1 atom stereocenters. The average Bonchev–Trinajstić information content (AvgIpc) is 2.76. The average molecular weight is 418 g/mol. The second-order valence-corrected chi connectivity index (χ2v) is 7.72. The van der Waals surface area contributed by atoms with Crippen LogP contribution in [0.4, 0.5) is 0 Å². The summed E-state index contributed by atoms with van der Waals surface area (Å²) in [4.78, 5) is 16.7. The molecule has 158 valence electrons. The number of ether oxygens (including phenoxy) is 2. The number of nitrogens with zero attached hydrogens (tertiary/aromatic N) is 1. The van der Waals surface area contributed by atoms with Crippen LogP contribution in [0.3, 0.4) is 0 Å². The molecular weight excluding hydrogens is 386 g/mol. The molecule has 1 saturated heterocycles. The highest BCUT2D eigenvalue weighted by Gasteiger charge is 2.15. The van der Waals surface area contributed by atoms with E-state index in [0.29, 0.717) is 19.8 Å². The number of rotatable bonds is 8. The minimum Gasteiger partial charge on any atom is -0.491 e. The van der Waals surface area contributed by atoms with Gasteiger partial charge in [-0.1, -0.05) is 37.7 Å². The van der Waals surface area contributed by atoms with Crippen LogP contribution in [0.5, 0.6) is 5.75 Å². The largest absolute Gasteiger partial charge is 0.491 e. The third-order valence-corrected chi connectivity index (χ3v) is 5.21. The van der Waals surface area contributed by atoms with Gasteiger partial charge in [-0.3, -0.25) is 9.69 Å². The molecule has 3 rings (SSSR count). The zero-order chi connectivity index (χ0) is 21.1. The smallest absolute Gasteiger partial charge is 0.176 e. The minimum atomic E-state index is -0.483. The van der Waals surface area contributed by atoms with Gasteiger partial charge in [0.1, 0.15) is 12.4 Å². The summed E-state index contributed by atoms with van der Waals surface area (Å²) in [6.45, 7) is 9.46. The normalized spacial score (nSPS) is 15.2. The lowest BCUT2D eigenvalue weighted by Crippen LogP contribution is -2.39. The van der Waals surface area contributed by atoms with Gasteiger partial charge in [0.15, 0.2) is 5.78 Å². The van der Waals surface area contributed by atoms with Crippen molar-refractivity contribution in [2.24, 2.45) is 0 Å². The Hall–Kier alpha value is -1.86. The molecule has 2 aromatic rings. The summed E-state index contributed by atoms with van der Waals surface area (Å²) >= 11 is 1.63. The van der Waals surface area contributed by atoms with Crippen molar-refractivity contribution >= 4 is 17.5 Å². The Morgan fingerprint density at radius 2 is 1.62 bits per heavy atom. The standard InChI is InChI=1S/C21H25NO4S.C2H6/c1-16(23)15-26-18-4-8-20(9-5-18)27-19-6-2-17(3-7-19)21(24)14-22-10-12-25-13-11-22;1-2/h2-9,16,23H,10-15H2,1H3;1-2H3. The Balaban J connectivity index is 0.00000145. The highest BCUT2D eigenvalue weighted by Crippen LogP contribution is 2.29. The van der Waals surface area contributed by atoms with Gasteiger partial charge in [-0.25, -0.2) is 0 Å². The van der Waals surface area contributed by atoms with Crippen LogP contribution in [0.1, 0.15) is 31.1 Å². The molecule has 0 saturated carbocycles. The fourth-order valence-corrected chi connectivity index (χ4v) is 3.54. The zero-order valence-electron chi connectivity index (χ0n) is 17.5. The number of hydrogen-bond donors (Lipinski definition) is 1. The molecule has 0 aliphatic carbocycles. The number of hydrogen-bond acceptors (Lipinski definition) is 6. The zero-order valence-corrected chi connectivity index (χ0v) is 18.3. The van der Waals surface area contributed by atoms with Crippen LogP contribution in [0.25, 0.3) is 0 Å². The van der Waals surface area contributed by atoms with Crippen molar-refractivity contribution < 1.29 is 19.4 Å². The lowest BCUT2D eigenvalue weighted by Gasteiger charge is -2.25. The van der Waals surface area contributed by atoms with Gasteiger partial charge in [-0.15, -0.1) is 0 Å². The second kappa shape index (κ2) is 12.6. The summed E-state index contributed by atoms with van der Waals surface area (Å²) in [7, 11) is 0. The van der Waals surface area contributed by atoms with E-state index in [9.17, 15) is 9.90 Å². The van der Waals surface area contributed by atoms with Crippen LogP contribution in [-0.4, -0.2) is 61.3 Å². The summed E-state index contributed by atoms with van der Waals surface area (Å²) in [5.41, 5.74) is 0.743. The molecule has 5 nitrogen and oxygen atoms in total. The predicted octanol–water partition coefficient (Wildman–Crippen LogP) is 4.14. The van der Waals surface area contributed by atoms with Gasteiger partial charge < -0.3 is 14.6 Å². The van der Waals surface area contributed by atoms with E-state index in [1.807, 2.05) is 62.4 Å². The number of aliphatic hydroxyl groups excluding tert-OH is 1. The quantitative estimate of drug-likeness (QED) is 0.652. The molecular formula is C23H31NO4S. The number of morpholine rings is 1. The molecule has 1 aliphatic heterocycles. The molecule has 6 heteroatoms. The Bertz CT molecular complexity index is 726. The van der Waals surface area contributed by atoms with Crippen molar-refractivity contribution in [2.75, 3.05) is 39.5 Å². The van der Waals surface area contributed by atoms with Crippen molar-refractivity contribution in [1.82, 2.24) is 4.90 Å². The first-order chi connectivity index (χ1) is 14.1. The van der Waals surface area contributed by atoms with Crippen molar-refractivity contribution in [3.05, 3.63) is 54.1 Å². The number of carbonyl (C=O) groups is 1. The number of aliphatic hydroxyl groups is 1. The van der Waals surface area contributed by atoms with Crippen LogP contribution in [0.2, 0.25) is 0 Å². The van der Waals surface area contributed by atoms with Crippen molar-refractivity contribution in [3.8, 4) is 5.75 Å². The number of Topliss-reactive ketones (excluding diaryl/α,β-unsaturated/α-hetero) is 1. The van der Waals surface area contributed by atoms with E-state index in [1.54, 1.807) is 18.7 Å². The van der Waals surface area contributed by atoms with Crippen LogP contribution in [0, 0.1) is 0 Å². The number of carbonyl (C=O) groups excluding carboxylic acids is 1. The second-order valence-electron chi connectivity index (χ2n) is 6.57. The fraction of sp³-hybridized carbons (Fsp3) is 0.435. The van der Waals surface area contributed by atoms with Gasteiger partial charge in [0.25, 0.3) is 0 Å². The predicted molar refractivity (Wildman–Crippen MR) is 117 cm³/mol. The van der Waals surface area contributed by atoms with E-state index >= 15 is 0 Å². The Morgan fingerprint density at radius 1 is 1.07 bits per heavy atom. The maximum Gasteiger partial charge on any atom is 0.176 e.